The van der Waals surface area contributed by atoms with Crippen molar-refractivity contribution < 1.29 is 9.59 Å². The van der Waals surface area contributed by atoms with Crippen molar-refractivity contribution in [2.75, 3.05) is 40.3 Å². The highest BCUT2D eigenvalue weighted by Gasteiger charge is 2.21. The van der Waals surface area contributed by atoms with Gasteiger partial charge in [-0.15, -0.1) is 0 Å². The van der Waals surface area contributed by atoms with Crippen molar-refractivity contribution in [2.24, 2.45) is 5.92 Å². The Labute approximate surface area is 116 Å². The third kappa shape index (κ3) is 5.59. The summed E-state index contributed by atoms with van der Waals surface area (Å²) in [5, 5.41) is 3.04. The van der Waals surface area contributed by atoms with Gasteiger partial charge in [0.2, 0.25) is 11.8 Å². The van der Waals surface area contributed by atoms with Crippen molar-refractivity contribution >= 4 is 11.8 Å². The van der Waals surface area contributed by atoms with E-state index in [1.165, 1.54) is 0 Å². The summed E-state index contributed by atoms with van der Waals surface area (Å²) in [7, 11) is 3.75. The summed E-state index contributed by atoms with van der Waals surface area (Å²) < 4.78 is 0. The summed E-state index contributed by atoms with van der Waals surface area (Å²) in [5.41, 5.74) is 0. The minimum absolute atomic E-state index is 0.168. The fraction of sp³-hybridized carbons (Fsp3) is 0.857. The minimum atomic E-state index is 0.168. The molecule has 1 aliphatic heterocycles. The van der Waals surface area contributed by atoms with E-state index in [4.69, 9.17) is 0 Å². The van der Waals surface area contributed by atoms with E-state index in [1.54, 1.807) is 11.8 Å². The van der Waals surface area contributed by atoms with Gasteiger partial charge in [0.25, 0.3) is 0 Å². The number of carbonyl (C=O) groups is 2. The molecule has 0 radical (unpaired) electrons. The second kappa shape index (κ2) is 8.15. The summed E-state index contributed by atoms with van der Waals surface area (Å²) in [5.74, 6) is 0.989. The summed E-state index contributed by atoms with van der Waals surface area (Å²) in [6, 6.07) is 0. The first-order chi connectivity index (χ1) is 9.04. The summed E-state index contributed by atoms with van der Waals surface area (Å²) in [4.78, 5) is 26.8. The lowest BCUT2D eigenvalue weighted by Crippen LogP contribution is -2.37. The van der Waals surface area contributed by atoms with Crippen LogP contribution < -0.4 is 5.32 Å². The first-order valence-electron chi connectivity index (χ1n) is 7.18. The van der Waals surface area contributed by atoms with Gasteiger partial charge >= 0.3 is 0 Å². The van der Waals surface area contributed by atoms with E-state index >= 15 is 0 Å². The molecule has 0 aromatic carbocycles. The standard InChI is InChI=1S/C14H27N3O2/c1-12(18)17-9-6-13(7-10-17)4-5-14(19)16(3)11-8-15-2/h13,15H,4-11H2,1-3H3. The van der Waals surface area contributed by atoms with Crippen molar-refractivity contribution in [1.29, 1.82) is 0 Å². The number of hydrogen-bond acceptors (Lipinski definition) is 3. The quantitative estimate of drug-likeness (QED) is 0.772. The Morgan fingerprint density at radius 1 is 1.32 bits per heavy atom. The van der Waals surface area contributed by atoms with E-state index in [0.717, 1.165) is 45.4 Å². The van der Waals surface area contributed by atoms with Crippen LogP contribution in [0.4, 0.5) is 0 Å². The second-order valence-corrected chi connectivity index (χ2v) is 5.41. The molecule has 1 N–H and O–H groups in total. The second-order valence-electron chi connectivity index (χ2n) is 5.41. The SMILES string of the molecule is CNCCN(C)C(=O)CCC1CCN(C(C)=O)CC1. The van der Waals surface area contributed by atoms with Crippen LogP contribution in [-0.2, 0) is 9.59 Å². The van der Waals surface area contributed by atoms with Gasteiger partial charge in [0.1, 0.15) is 0 Å². The molecule has 1 saturated heterocycles. The first-order valence-corrected chi connectivity index (χ1v) is 7.18. The highest BCUT2D eigenvalue weighted by Crippen LogP contribution is 2.22. The minimum Gasteiger partial charge on any atom is -0.344 e. The molecule has 1 fully saturated rings. The van der Waals surface area contributed by atoms with Gasteiger partial charge in [-0.3, -0.25) is 9.59 Å². The number of amides is 2. The van der Waals surface area contributed by atoms with E-state index in [1.807, 2.05) is 19.0 Å². The molecule has 0 aromatic heterocycles. The number of likely N-dealkylation sites (N-methyl/N-ethyl adjacent to an activating group) is 2. The maximum atomic E-state index is 11.9. The highest BCUT2D eigenvalue weighted by atomic mass is 16.2. The van der Waals surface area contributed by atoms with Crippen LogP contribution in [0, 0.1) is 5.92 Å². The Bertz CT molecular complexity index is 299. The van der Waals surface area contributed by atoms with Crippen LogP contribution >= 0.6 is 0 Å². The number of piperidine rings is 1. The van der Waals surface area contributed by atoms with Gasteiger partial charge in [0.15, 0.2) is 0 Å². The van der Waals surface area contributed by atoms with Crippen LogP contribution in [-0.4, -0.2) is 61.9 Å². The van der Waals surface area contributed by atoms with Gasteiger partial charge in [-0.1, -0.05) is 0 Å². The van der Waals surface area contributed by atoms with Gasteiger partial charge in [-0.05, 0) is 32.2 Å². The fourth-order valence-electron chi connectivity index (χ4n) is 2.46. The molecule has 1 aliphatic rings. The zero-order valence-electron chi connectivity index (χ0n) is 12.4. The Balaban J connectivity index is 2.19. The molecule has 1 rings (SSSR count). The fourth-order valence-corrected chi connectivity index (χ4v) is 2.46. The van der Waals surface area contributed by atoms with Crippen LogP contribution in [0.1, 0.15) is 32.6 Å². The molecule has 0 bridgehead atoms. The van der Waals surface area contributed by atoms with E-state index < -0.39 is 0 Å². The largest absolute Gasteiger partial charge is 0.344 e. The lowest BCUT2D eigenvalue weighted by molar-refractivity contribution is -0.132. The molecule has 5 nitrogen and oxygen atoms in total. The Kier molecular flexibility index (Phi) is 6.84. The van der Waals surface area contributed by atoms with Gasteiger partial charge < -0.3 is 15.1 Å². The Morgan fingerprint density at radius 3 is 2.47 bits per heavy atom. The molecule has 0 spiro atoms. The van der Waals surface area contributed by atoms with Crippen molar-refractivity contribution in [3.63, 3.8) is 0 Å². The summed E-state index contributed by atoms with van der Waals surface area (Å²) in [6.45, 7) is 4.92. The predicted octanol–water partition coefficient (Wildman–Crippen LogP) is 0.703. The molecule has 5 heteroatoms. The summed E-state index contributed by atoms with van der Waals surface area (Å²) in [6.07, 6.45) is 3.65. The molecule has 0 unspecified atom stereocenters. The van der Waals surface area contributed by atoms with Gasteiger partial charge in [-0.25, -0.2) is 0 Å². The summed E-state index contributed by atoms with van der Waals surface area (Å²) >= 11 is 0. The highest BCUT2D eigenvalue weighted by molar-refractivity contribution is 5.75. The van der Waals surface area contributed by atoms with Gasteiger partial charge in [0, 0.05) is 46.6 Å². The molecule has 2 amide bonds. The van der Waals surface area contributed by atoms with Gasteiger partial charge in [-0.2, -0.15) is 0 Å². The molecule has 0 saturated carbocycles. The average molecular weight is 269 g/mol. The molecule has 0 aliphatic carbocycles. The van der Waals surface area contributed by atoms with E-state index in [0.29, 0.717) is 12.3 Å². The number of likely N-dealkylation sites (tertiary alicyclic amines) is 1. The van der Waals surface area contributed by atoms with Crippen LogP contribution in [0.3, 0.4) is 0 Å². The zero-order chi connectivity index (χ0) is 14.3. The maximum Gasteiger partial charge on any atom is 0.222 e. The molecule has 110 valence electrons. The van der Waals surface area contributed by atoms with Crippen molar-refractivity contribution in [3.05, 3.63) is 0 Å². The van der Waals surface area contributed by atoms with Crippen molar-refractivity contribution in [2.45, 2.75) is 32.6 Å². The molecule has 1 heterocycles. The number of nitrogens with one attached hydrogen (secondary N) is 1. The van der Waals surface area contributed by atoms with Crippen molar-refractivity contribution in [3.8, 4) is 0 Å². The van der Waals surface area contributed by atoms with E-state index in [-0.39, 0.29) is 11.8 Å². The smallest absolute Gasteiger partial charge is 0.222 e. The molecule has 0 aromatic rings. The first kappa shape index (κ1) is 16.0. The van der Waals surface area contributed by atoms with Crippen molar-refractivity contribution in [1.82, 2.24) is 15.1 Å². The Hall–Kier alpha value is -1.10. The van der Waals surface area contributed by atoms with Crippen LogP contribution in [0.15, 0.2) is 0 Å². The maximum absolute atomic E-state index is 11.9. The molecular formula is C14H27N3O2. The van der Waals surface area contributed by atoms with E-state index in [9.17, 15) is 9.59 Å². The molecule has 0 atom stereocenters. The van der Waals surface area contributed by atoms with Crippen LogP contribution in [0.2, 0.25) is 0 Å². The monoisotopic (exact) mass is 269 g/mol. The third-order valence-corrected chi connectivity index (χ3v) is 3.95. The predicted molar refractivity (Wildman–Crippen MR) is 75.8 cm³/mol. The molecule has 19 heavy (non-hydrogen) atoms. The van der Waals surface area contributed by atoms with Crippen LogP contribution in [0.5, 0.6) is 0 Å². The average Bonchev–Trinajstić information content (AvgIpc) is 2.42. The third-order valence-electron chi connectivity index (χ3n) is 3.95. The number of hydrogen-bond donors (Lipinski definition) is 1. The number of nitrogens with zero attached hydrogens (tertiary/aromatic N) is 2. The Morgan fingerprint density at radius 2 is 1.95 bits per heavy atom. The number of rotatable bonds is 6. The van der Waals surface area contributed by atoms with Gasteiger partial charge in [0.05, 0.1) is 0 Å². The molecular weight excluding hydrogens is 242 g/mol. The lowest BCUT2D eigenvalue weighted by atomic mass is 9.92. The van der Waals surface area contributed by atoms with Crippen LogP contribution in [0.25, 0.3) is 0 Å². The number of carbonyl (C=O) groups excluding carboxylic acids is 2. The van der Waals surface area contributed by atoms with E-state index in [2.05, 4.69) is 5.32 Å². The zero-order valence-corrected chi connectivity index (χ0v) is 12.4. The normalized spacial score (nSPS) is 16.5. The topological polar surface area (TPSA) is 52.7 Å². The lowest BCUT2D eigenvalue weighted by Gasteiger charge is -2.31.